The van der Waals surface area contributed by atoms with E-state index in [1.807, 2.05) is 49.4 Å². The molecule has 28 heavy (non-hydrogen) atoms. The number of rotatable bonds is 3. The Balaban J connectivity index is 1.88. The number of fused-ring (bicyclic) bond motifs is 1. The van der Waals surface area contributed by atoms with Crippen molar-refractivity contribution in [3.63, 3.8) is 0 Å². The van der Waals surface area contributed by atoms with Crippen LogP contribution in [-0.2, 0) is 4.74 Å². The molecule has 138 valence electrons. The van der Waals surface area contributed by atoms with Crippen molar-refractivity contribution in [1.82, 2.24) is 4.98 Å². The van der Waals surface area contributed by atoms with Gasteiger partial charge in [0, 0.05) is 10.9 Å². The summed E-state index contributed by atoms with van der Waals surface area (Å²) in [5, 5.41) is 0.453. The fourth-order valence-electron chi connectivity index (χ4n) is 3.43. The molecule has 4 rings (SSSR count). The van der Waals surface area contributed by atoms with E-state index in [1.54, 1.807) is 6.07 Å². The molecular formula is C24H18FNO2. The van der Waals surface area contributed by atoms with Gasteiger partial charge >= 0.3 is 5.97 Å². The Morgan fingerprint density at radius 1 is 0.893 bits per heavy atom. The molecule has 0 aliphatic rings. The van der Waals surface area contributed by atoms with E-state index in [1.165, 1.54) is 19.2 Å². The summed E-state index contributed by atoms with van der Waals surface area (Å²) in [6.07, 6.45) is 0. The Morgan fingerprint density at radius 3 is 2.21 bits per heavy atom. The van der Waals surface area contributed by atoms with Crippen LogP contribution in [0.5, 0.6) is 0 Å². The van der Waals surface area contributed by atoms with Crippen LogP contribution in [0.1, 0.15) is 15.9 Å². The van der Waals surface area contributed by atoms with E-state index in [2.05, 4.69) is 12.1 Å². The molecule has 0 amide bonds. The highest BCUT2D eigenvalue weighted by atomic mass is 19.1. The average Bonchev–Trinajstić information content (AvgIpc) is 2.74. The van der Waals surface area contributed by atoms with E-state index >= 15 is 0 Å². The summed E-state index contributed by atoms with van der Waals surface area (Å²) in [5.41, 5.74) is 5.34. The van der Waals surface area contributed by atoms with Gasteiger partial charge in [0.1, 0.15) is 5.82 Å². The molecule has 1 heterocycles. The average molecular weight is 371 g/mol. The van der Waals surface area contributed by atoms with Gasteiger partial charge in [0.2, 0.25) is 0 Å². The van der Waals surface area contributed by atoms with Crippen molar-refractivity contribution in [2.45, 2.75) is 6.92 Å². The largest absolute Gasteiger partial charge is 0.465 e. The fourth-order valence-corrected chi connectivity index (χ4v) is 3.43. The highest BCUT2D eigenvalue weighted by Crippen LogP contribution is 2.32. The summed E-state index contributed by atoms with van der Waals surface area (Å²) < 4.78 is 18.7. The van der Waals surface area contributed by atoms with Crippen molar-refractivity contribution < 1.29 is 13.9 Å². The topological polar surface area (TPSA) is 39.2 Å². The number of hydrogen-bond acceptors (Lipinski definition) is 3. The van der Waals surface area contributed by atoms with Crippen LogP contribution in [0.2, 0.25) is 0 Å². The van der Waals surface area contributed by atoms with Crippen LogP contribution in [0.4, 0.5) is 4.39 Å². The molecule has 0 fully saturated rings. The summed E-state index contributed by atoms with van der Waals surface area (Å²) in [6, 6.07) is 22.4. The SMILES string of the molecule is COC(=O)c1c(C)c(-c2ccc(-c3ccccc3)cc2)nc2ccc(F)cc12. The van der Waals surface area contributed by atoms with Crippen LogP contribution in [0.25, 0.3) is 33.3 Å². The molecular weight excluding hydrogens is 353 g/mol. The molecule has 0 saturated carbocycles. The van der Waals surface area contributed by atoms with Gasteiger partial charge in [0.15, 0.2) is 0 Å². The Hall–Kier alpha value is -3.53. The third-order valence-corrected chi connectivity index (χ3v) is 4.85. The minimum Gasteiger partial charge on any atom is -0.465 e. The zero-order chi connectivity index (χ0) is 19.7. The molecule has 0 unspecified atom stereocenters. The molecule has 0 spiro atoms. The highest BCUT2D eigenvalue weighted by molar-refractivity contribution is 6.06. The van der Waals surface area contributed by atoms with E-state index in [9.17, 15) is 9.18 Å². The molecule has 0 saturated heterocycles. The maximum absolute atomic E-state index is 13.8. The quantitative estimate of drug-likeness (QED) is 0.427. The van der Waals surface area contributed by atoms with Crippen molar-refractivity contribution in [2.75, 3.05) is 7.11 Å². The van der Waals surface area contributed by atoms with Crippen molar-refractivity contribution in [3.8, 4) is 22.4 Å². The molecule has 0 N–H and O–H groups in total. The van der Waals surface area contributed by atoms with Crippen LogP contribution in [0, 0.1) is 12.7 Å². The number of aromatic nitrogens is 1. The second-order valence-corrected chi connectivity index (χ2v) is 6.56. The standard InChI is InChI=1S/C24H18FNO2/c1-15-22(24(27)28-2)20-14-19(25)12-13-21(20)26-23(15)18-10-8-17(9-11-18)16-6-4-3-5-7-16/h3-14H,1-2H3. The molecule has 4 heteroatoms. The van der Waals surface area contributed by atoms with E-state index in [0.717, 1.165) is 16.7 Å². The lowest BCUT2D eigenvalue weighted by molar-refractivity contribution is 0.0602. The van der Waals surface area contributed by atoms with Crippen molar-refractivity contribution in [3.05, 3.63) is 89.7 Å². The number of carbonyl (C=O) groups excluding carboxylic acids is 1. The minimum atomic E-state index is -0.502. The van der Waals surface area contributed by atoms with E-state index < -0.39 is 11.8 Å². The molecule has 3 aromatic carbocycles. The number of benzene rings is 3. The first-order chi connectivity index (χ1) is 13.6. The molecule has 0 atom stereocenters. The van der Waals surface area contributed by atoms with Crippen LogP contribution in [0.15, 0.2) is 72.8 Å². The molecule has 3 nitrogen and oxygen atoms in total. The number of pyridine rings is 1. The lowest BCUT2D eigenvalue weighted by Crippen LogP contribution is -2.08. The van der Waals surface area contributed by atoms with Gasteiger partial charge in [-0.05, 0) is 41.8 Å². The Labute approximate surface area is 162 Å². The lowest BCUT2D eigenvalue weighted by atomic mass is 9.96. The number of carbonyl (C=O) groups is 1. The van der Waals surface area contributed by atoms with Crippen LogP contribution >= 0.6 is 0 Å². The fraction of sp³-hybridized carbons (Fsp3) is 0.0833. The molecule has 0 radical (unpaired) electrons. The summed E-state index contributed by atoms with van der Waals surface area (Å²) in [6.45, 7) is 1.81. The van der Waals surface area contributed by atoms with Crippen LogP contribution < -0.4 is 0 Å². The summed E-state index contributed by atoms with van der Waals surface area (Å²) in [5.74, 6) is -0.920. The van der Waals surface area contributed by atoms with Gasteiger partial charge in [-0.1, -0.05) is 54.6 Å². The molecule has 0 bridgehead atoms. The predicted octanol–water partition coefficient (Wildman–Crippen LogP) is 5.80. The summed E-state index contributed by atoms with van der Waals surface area (Å²) in [4.78, 5) is 17.1. The minimum absolute atomic E-state index is 0.342. The lowest BCUT2D eigenvalue weighted by Gasteiger charge is -2.14. The number of hydrogen-bond donors (Lipinski definition) is 0. The maximum atomic E-state index is 13.8. The highest BCUT2D eigenvalue weighted by Gasteiger charge is 2.20. The predicted molar refractivity (Wildman–Crippen MR) is 109 cm³/mol. The van der Waals surface area contributed by atoms with Crippen molar-refractivity contribution in [2.24, 2.45) is 0 Å². The van der Waals surface area contributed by atoms with Gasteiger partial charge in [-0.2, -0.15) is 0 Å². The third kappa shape index (κ3) is 3.14. The van der Waals surface area contributed by atoms with E-state index in [0.29, 0.717) is 27.7 Å². The van der Waals surface area contributed by atoms with Gasteiger partial charge < -0.3 is 4.74 Å². The Kier molecular flexibility index (Phi) is 4.62. The van der Waals surface area contributed by atoms with Crippen molar-refractivity contribution in [1.29, 1.82) is 0 Å². The number of nitrogens with zero attached hydrogens (tertiary/aromatic N) is 1. The van der Waals surface area contributed by atoms with E-state index in [-0.39, 0.29) is 0 Å². The van der Waals surface area contributed by atoms with Gasteiger partial charge in [0.05, 0.1) is 23.9 Å². The Bertz CT molecular complexity index is 1170. The number of methoxy groups -OCH3 is 1. The second-order valence-electron chi connectivity index (χ2n) is 6.56. The van der Waals surface area contributed by atoms with Crippen molar-refractivity contribution >= 4 is 16.9 Å². The Morgan fingerprint density at radius 2 is 1.54 bits per heavy atom. The smallest absolute Gasteiger partial charge is 0.338 e. The van der Waals surface area contributed by atoms with Gasteiger partial charge in [-0.15, -0.1) is 0 Å². The molecule has 4 aromatic rings. The number of esters is 1. The summed E-state index contributed by atoms with van der Waals surface area (Å²) in [7, 11) is 1.32. The van der Waals surface area contributed by atoms with Gasteiger partial charge in [-0.25, -0.2) is 14.2 Å². The van der Waals surface area contributed by atoms with E-state index in [4.69, 9.17) is 9.72 Å². The molecule has 0 aliphatic heterocycles. The second kappa shape index (κ2) is 7.24. The third-order valence-electron chi connectivity index (χ3n) is 4.85. The van der Waals surface area contributed by atoms with Gasteiger partial charge in [0.25, 0.3) is 0 Å². The first-order valence-corrected chi connectivity index (χ1v) is 8.92. The maximum Gasteiger partial charge on any atom is 0.338 e. The zero-order valence-corrected chi connectivity index (χ0v) is 15.6. The first-order valence-electron chi connectivity index (χ1n) is 8.92. The zero-order valence-electron chi connectivity index (χ0n) is 15.6. The normalized spacial score (nSPS) is 10.8. The number of halogens is 1. The van der Waals surface area contributed by atoms with Crippen LogP contribution in [0.3, 0.4) is 0 Å². The molecule has 1 aromatic heterocycles. The first kappa shape index (κ1) is 17.9. The molecule has 0 aliphatic carbocycles. The summed E-state index contributed by atoms with van der Waals surface area (Å²) >= 11 is 0. The van der Waals surface area contributed by atoms with Gasteiger partial charge in [-0.3, -0.25) is 0 Å². The monoisotopic (exact) mass is 371 g/mol. The van der Waals surface area contributed by atoms with Crippen LogP contribution in [-0.4, -0.2) is 18.1 Å². The number of ether oxygens (including phenoxy) is 1.